The minimum absolute atomic E-state index is 0.225. The summed E-state index contributed by atoms with van der Waals surface area (Å²) in [6, 6.07) is 0. The fraction of sp³-hybridized carbons (Fsp3) is 0.600. The molecule has 0 spiro atoms. The molecule has 1 saturated heterocycles. The highest BCUT2D eigenvalue weighted by Gasteiger charge is 2.19. The summed E-state index contributed by atoms with van der Waals surface area (Å²) in [6.07, 6.45) is 0.595. The third-order valence-electron chi connectivity index (χ3n) is 1.34. The van der Waals surface area contributed by atoms with Crippen LogP contribution in [0.15, 0.2) is 0 Å². The second kappa shape index (κ2) is 2.31. The van der Waals surface area contributed by atoms with Crippen LogP contribution in [0.25, 0.3) is 0 Å². The molecule has 0 atom stereocenters. The van der Waals surface area contributed by atoms with E-state index in [1.54, 1.807) is 4.90 Å². The molecule has 50 valence electrons. The van der Waals surface area contributed by atoms with Gasteiger partial charge < -0.3 is 10.6 Å². The lowest BCUT2D eigenvalue weighted by Crippen LogP contribution is -2.33. The molecule has 0 unspecified atom stereocenters. The highest BCUT2D eigenvalue weighted by molar-refractivity contribution is 7.80. The van der Waals surface area contributed by atoms with Gasteiger partial charge in [-0.05, 0) is 12.2 Å². The standard InChI is InChI=1S/C5H8N2OS/c6-5(9)7-2-1-4(8)3-7/h1-3H2,(H2,6,9). The first-order valence-corrected chi connectivity index (χ1v) is 3.17. The fourth-order valence-corrected chi connectivity index (χ4v) is 0.975. The van der Waals surface area contributed by atoms with Crippen LogP contribution in [0, 0.1) is 0 Å². The maximum absolute atomic E-state index is 10.6. The van der Waals surface area contributed by atoms with E-state index in [0.717, 1.165) is 0 Å². The number of carbonyl (C=O) groups is 1. The summed E-state index contributed by atoms with van der Waals surface area (Å²) in [5.41, 5.74) is 5.27. The lowest BCUT2D eigenvalue weighted by atomic mass is 10.4. The van der Waals surface area contributed by atoms with Crippen LogP contribution in [0.1, 0.15) is 6.42 Å². The van der Waals surface area contributed by atoms with E-state index >= 15 is 0 Å². The third-order valence-corrected chi connectivity index (χ3v) is 1.60. The topological polar surface area (TPSA) is 46.3 Å². The van der Waals surface area contributed by atoms with Crippen molar-refractivity contribution in [3.63, 3.8) is 0 Å². The molecule has 0 radical (unpaired) electrons. The molecule has 9 heavy (non-hydrogen) atoms. The van der Waals surface area contributed by atoms with Crippen molar-refractivity contribution < 1.29 is 4.79 Å². The Bertz CT molecular complexity index is 157. The van der Waals surface area contributed by atoms with Crippen molar-refractivity contribution in [2.24, 2.45) is 5.73 Å². The molecule has 2 N–H and O–H groups in total. The number of nitrogens with two attached hydrogens (primary N) is 1. The van der Waals surface area contributed by atoms with Crippen LogP contribution in [-0.4, -0.2) is 28.9 Å². The van der Waals surface area contributed by atoms with Gasteiger partial charge in [0.05, 0.1) is 6.54 Å². The van der Waals surface area contributed by atoms with Crippen LogP contribution < -0.4 is 5.73 Å². The van der Waals surface area contributed by atoms with Crippen LogP contribution >= 0.6 is 12.2 Å². The zero-order valence-electron chi connectivity index (χ0n) is 4.96. The quantitative estimate of drug-likeness (QED) is 0.466. The molecule has 4 heteroatoms. The molecule has 0 aliphatic carbocycles. The second-order valence-electron chi connectivity index (χ2n) is 2.05. The molecule has 1 heterocycles. The maximum atomic E-state index is 10.6. The number of nitrogens with zero attached hydrogens (tertiary/aromatic N) is 1. The summed E-state index contributed by atoms with van der Waals surface area (Å²) < 4.78 is 0. The average molecular weight is 144 g/mol. The highest BCUT2D eigenvalue weighted by atomic mass is 32.1. The van der Waals surface area contributed by atoms with Crippen LogP contribution in [0.2, 0.25) is 0 Å². The molecular formula is C5H8N2OS. The summed E-state index contributed by atoms with van der Waals surface area (Å²) >= 11 is 4.66. The Hall–Kier alpha value is -0.640. The van der Waals surface area contributed by atoms with E-state index in [1.807, 2.05) is 0 Å². The summed E-state index contributed by atoms with van der Waals surface area (Å²) in [5.74, 6) is 0.225. The van der Waals surface area contributed by atoms with Gasteiger partial charge in [-0.15, -0.1) is 0 Å². The number of ketones is 1. The Labute approximate surface area is 58.8 Å². The maximum Gasteiger partial charge on any atom is 0.166 e. The number of carbonyl (C=O) groups excluding carboxylic acids is 1. The predicted molar refractivity (Wildman–Crippen MR) is 38.0 cm³/mol. The van der Waals surface area contributed by atoms with Crippen LogP contribution in [-0.2, 0) is 4.79 Å². The van der Waals surface area contributed by atoms with Crippen molar-refractivity contribution in [3.8, 4) is 0 Å². The van der Waals surface area contributed by atoms with E-state index in [1.165, 1.54) is 0 Å². The van der Waals surface area contributed by atoms with Crippen molar-refractivity contribution in [2.45, 2.75) is 6.42 Å². The van der Waals surface area contributed by atoms with Crippen molar-refractivity contribution in [2.75, 3.05) is 13.1 Å². The average Bonchev–Trinajstić information content (AvgIpc) is 2.14. The Morgan fingerprint density at radius 2 is 2.44 bits per heavy atom. The van der Waals surface area contributed by atoms with Crippen LogP contribution in [0.3, 0.4) is 0 Å². The normalized spacial score (nSPS) is 18.7. The summed E-state index contributed by atoms with van der Waals surface area (Å²) in [4.78, 5) is 12.3. The van der Waals surface area contributed by atoms with Gasteiger partial charge >= 0.3 is 0 Å². The Balaban J connectivity index is 2.48. The molecule has 0 aromatic heterocycles. The summed E-state index contributed by atoms with van der Waals surface area (Å²) in [5, 5.41) is 0.334. The molecule has 0 aromatic carbocycles. The molecule has 1 fully saturated rings. The smallest absolute Gasteiger partial charge is 0.166 e. The van der Waals surface area contributed by atoms with Gasteiger partial charge in [-0.25, -0.2) is 0 Å². The number of likely N-dealkylation sites (tertiary alicyclic amines) is 1. The molecule has 1 aliphatic rings. The van der Waals surface area contributed by atoms with Gasteiger partial charge in [0.2, 0.25) is 0 Å². The van der Waals surface area contributed by atoms with Crippen molar-refractivity contribution >= 4 is 23.1 Å². The van der Waals surface area contributed by atoms with E-state index in [0.29, 0.717) is 24.6 Å². The monoisotopic (exact) mass is 144 g/mol. The largest absolute Gasteiger partial charge is 0.376 e. The van der Waals surface area contributed by atoms with Gasteiger partial charge in [-0.3, -0.25) is 4.79 Å². The van der Waals surface area contributed by atoms with Crippen LogP contribution in [0.4, 0.5) is 0 Å². The van der Waals surface area contributed by atoms with Gasteiger partial charge in [0.25, 0.3) is 0 Å². The minimum atomic E-state index is 0.225. The SMILES string of the molecule is NC(=S)N1CCC(=O)C1. The lowest BCUT2D eigenvalue weighted by Gasteiger charge is -2.11. The van der Waals surface area contributed by atoms with E-state index in [9.17, 15) is 4.79 Å². The van der Waals surface area contributed by atoms with E-state index in [4.69, 9.17) is 5.73 Å². The zero-order chi connectivity index (χ0) is 6.85. The molecule has 0 aromatic rings. The number of hydrogen-bond acceptors (Lipinski definition) is 2. The Morgan fingerprint density at radius 1 is 1.78 bits per heavy atom. The van der Waals surface area contributed by atoms with Crippen molar-refractivity contribution in [1.82, 2.24) is 4.90 Å². The third kappa shape index (κ3) is 1.38. The van der Waals surface area contributed by atoms with Gasteiger partial charge in [0.15, 0.2) is 10.9 Å². The first-order chi connectivity index (χ1) is 4.20. The summed E-state index contributed by atoms with van der Waals surface area (Å²) in [7, 11) is 0. The highest BCUT2D eigenvalue weighted by Crippen LogP contribution is 2.02. The molecule has 1 aliphatic heterocycles. The van der Waals surface area contributed by atoms with Gasteiger partial charge in [0, 0.05) is 13.0 Å². The summed E-state index contributed by atoms with van der Waals surface area (Å²) in [6.45, 7) is 1.11. The second-order valence-corrected chi connectivity index (χ2v) is 2.47. The number of rotatable bonds is 0. The van der Waals surface area contributed by atoms with Crippen LogP contribution in [0.5, 0.6) is 0 Å². The molecule has 0 bridgehead atoms. The van der Waals surface area contributed by atoms with E-state index in [2.05, 4.69) is 12.2 Å². The molecule has 0 amide bonds. The molecule has 1 rings (SSSR count). The van der Waals surface area contributed by atoms with Gasteiger partial charge in [0.1, 0.15) is 0 Å². The lowest BCUT2D eigenvalue weighted by molar-refractivity contribution is -0.116. The zero-order valence-corrected chi connectivity index (χ0v) is 5.78. The number of thiocarbonyl (C=S) groups is 1. The van der Waals surface area contributed by atoms with E-state index in [-0.39, 0.29) is 5.78 Å². The van der Waals surface area contributed by atoms with Gasteiger partial charge in [-0.1, -0.05) is 0 Å². The number of Topliss-reactive ketones (excluding diaryl/α,β-unsaturated/α-hetero) is 1. The molecule has 3 nitrogen and oxygen atoms in total. The Morgan fingerprint density at radius 3 is 2.67 bits per heavy atom. The molecular weight excluding hydrogens is 136 g/mol. The molecule has 0 saturated carbocycles. The van der Waals surface area contributed by atoms with Gasteiger partial charge in [-0.2, -0.15) is 0 Å². The first-order valence-electron chi connectivity index (χ1n) is 2.76. The number of hydrogen-bond donors (Lipinski definition) is 1. The van der Waals surface area contributed by atoms with E-state index < -0.39 is 0 Å². The van der Waals surface area contributed by atoms with Crippen molar-refractivity contribution in [1.29, 1.82) is 0 Å². The first kappa shape index (κ1) is 6.48. The fourth-order valence-electron chi connectivity index (χ4n) is 0.819. The Kier molecular flexibility index (Phi) is 1.66. The minimum Gasteiger partial charge on any atom is -0.376 e. The predicted octanol–water partition coefficient (Wildman–Crippen LogP) is -0.495. The van der Waals surface area contributed by atoms with Crippen molar-refractivity contribution in [3.05, 3.63) is 0 Å².